The first-order valence-corrected chi connectivity index (χ1v) is 7.28. The minimum atomic E-state index is -0.575. The van der Waals surface area contributed by atoms with Gasteiger partial charge in [-0.15, -0.1) is 0 Å². The van der Waals surface area contributed by atoms with E-state index in [0.29, 0.717) is 5.69 Å². The number of ether oxygens (including phenoxy) is 1. The summed E-state index contributed by atoms with van der Waals surface area (Å²) in [4.78, 5) is 27.7. The number of amides is 1. The fraction of sp³-hybridized carbons (Fsp3) is 0.278. The van der Waals surface area contributed by atoms with Gasteiger partial charge in [0.1, 0.15) is 11.4 Å². The summed E-state index contributed by atoms with van der Waals surface area (Å²) in [6.07, 6.45) is 0. The van der Waals surface area contributed by atoms with Gasteiger partial charge in [0, 0.05) is 5.69 Å². The van der Waals surface area contributed by atoms with Crippen LogP contribution in [0.5, 0.6) is 0 Å². The number of aromatic nitrogens is 1. The summed E-state index contributed by atoms with van der Waals surface area (Å²) in [5.74, 6) is -0.951. The van der Waals surface area contributed by atoms with Crippen LogP contribution in [0.2, 0.25) is 0 Å². The van der Waals surface area contributed by atoms with E-state index in [1.165, 1.54) is 18.7 Å². The summed E-state index contributed by atoms with van der Waals surface area (Å²) in [5, 5.41) is 2.77. The number of esters is 1. The highest BCUT2D eigenvalue weighted by molar-refractivity contribution is 6.03. The number of rotatable bonds is 3. The Morgan fingerprint density at radius 1 is 1.00 bits per heavy atom. The van der Waals surface area contributed by atoms with Crippen molar-refractivity contribution in [2.24, 2.45) is 0 Å². The maximum Gasteiger partial charge on any atom is 0.356 e. The van der Waals surface area contributed by atoms with Crippen molar-refractivity contribution in [2.45, 2.75) is 26.2 Å². The zero-order valence-electron chi connectivity index (χ0n) is 13.7. The van der Waals surface area contributed by atoms with Crippen LogP contribution in [0.15, 0.2) is 42.5 Å². The quantitative estimate of drug-likeness (QED) is 0.882. The standard InChI is InChI=1S/C18H20N2O3/c1-18(2,3)12-8-10-13(11-9-12)19-16(21)14-6-5-7-15(20-14)17(22)23-4/h5-11H,1-4H3,(H,19,21). The molecule has 0 atom stereocenters. The second-order valence-electron chi connectivity index (χ2n) is 6.18. The van der Waals surface area contributed by atoms with Gasteiger partial charge < -0.3 is 10.1 Å². The number of methoxy groups -OCH3 is 1. The van der Waals surface area contributed by atoms with Crippen molar-refractivity contribution in [1.29, 1.82) is 0 Å². The zero-order chi connectivity index (χ0) is 17.0. The molecule has 23 heavy (non-hydrogen) atoms. The number of anilines is 1. The predicted molar refractivity (Wildman–Crippen MR) is 88.7 cm³/mol. The van der Waals surface area contributed by atoms with Crippen molar-refractivity contribution in [3.05, 3.63) is 59.4 Å². The summed E-state index contributed by atoms with van der Waals surface area (Å²) in [6, 6.07) is 12.3. The molecule has 0 radical (unpaired) electrons. The van der Waals surface area contributed by atoms with E-state index in [2.05, 4.69) is 35.8 Å². The van der Waals surface area contributed by atoms with Gasteiger partial charge >= 0.3 is 5.97 Å². The van der Waals surface area contributed by atoms with Crippen LogP contribution in [0.1, 0.15) is 47.3 Å². The van der Waals surface area contributed by atoms with Crippen LogP contribution in [0, 0.1) is 0 Å². The van der Waals surface area contributed by atoms with Gasteiger partial charge in [0.2, 0.25) is 0 Å². The molecule has 120 valence electrons. The minimum Gasteiger partial charge on any atom is -0.464 e. The molecule has 5 nitrogen and oxygen atoms in total. The lowest BCUT2D eigenvalue weighted by Gasteiger charge is -2.19. The molecule has 0 bridgehead atoms. The average Bonchev–Trinajstić information content (AvgIpc) is 2.54. The molecule has 0 saturated heterocycles. The average molecular weight is 312 g/mol. The number of hydrogen-bond acceptors (Lipinski definition) is 4. The van der Waals surface area contributed by atoms with E-state index >= 15 is 0 Å². The topological polar surface area (TPSA) is 68.3 Å². The van der Waals surface area contributed by atoms with Crippen LogP contribution in [0.25, 0.3) is 0 Å². The molecule has 1 aromatic heterocycles. The van der Waals surface area contributed by atoms with Crippen molar-refractivity contribution in [1.82, 2.24) is 4.98 Å². The van der Waals surface area contributed by atoms with E-state index in [4.69, 9.17) is 0 Å². The Morgan fingerprint density at radius 3 is 2.17 bits per heavy atom. The first-order chi connectivity index (χ1) is 10.8. The Hall–Kier alpha value is -2.69. The largest absolute Gasteiger partial charge is 0.464 e. The molecular weight excluding hydrogens is 292 g/mol. The van der Waals surface area contributed by atoms with Crippen LogP contribution >= 0.6 is 0 Å². The molecule has 0 aliphatic heterocycles. The molecule has 0 aliphatic rings. The third-order valence-corrected chi connectivity index (χ3v) is 3.39. The number of nitrogens with zero attached hydrogens (tertiary/aromatic N) is 1. The first-order valence-electron chi connectivity index (χ1n) is 7.28. The molecular formula is C18H20N2O3. The Kier molecular flexibility index (Phi) is 4.79. The highest BCUT2D eigenvalue weighted by atomic mass is 16.5. The fourth-order valence-corrected chi connectivity index (χ4v) is 2.03. The van der Waals surface area contributed by atoms with Crippen LogP contribution in [0.3, 0.4) is 0 Å². The van der Waals surface area contributed by atoms with Gasteiger partial charge in [-0.05, 0) is 35.2 Å². The van der Waals surface area contributed by atoms with Crippen molar-refractivity contribution in [3.8, 4) is 0 Å². The summed E-state index contributed by atoms with van der Waals surface area (Å²) < 4.78 is 4.60. The van der Waals surface area contributed by atoms with Gasteiger partial charge in [-0.25, -0.2) is 9.78 Å². The Labute approximate surface area is 135 Å². The second kappa shape index (κ2) is 6.60. The lowest BCUT2D eigenvalue weighted by atomic mass is 9.87. The van der Waals surface area contributed by atoms with E-state index in [9.17, 15) is 9.59 Å². The molecule has 5 heteroatoms. The van der Waals surface area contributed by atoms with Gasteiger partial charge in [0.15, 0.2) is 0 Å². The molecule has 1 aromatic carbocycles. The van der Waals surface area contributed by atoms with Gasteiger partial charge in [-0.2, -0.15) is 0 Å². The van der Waals surface area contributed by atoms with Crippen LogP contribution in [-0.2, 0) is 10.2 Å². The third-order valence-electron chi connectivity index (χ3n) is 3.39. The van der Waals surface area contributed by atoms with Crippen molar-refractivity contribution >= 4 is 17.6 Å². The Balaban J connectivity index is 2.14. The summed E-state index contributed by atoms with van der Waals surface area (Å²) in [7, 11) is 1.27. The van der Waals surface area contributed by atoms with E-state index in [0.717, 1.165) is 0 Å². The number of pyridine rings is 1. The summed E-state index contributed by atoms with van der Waals surface area (Å²) in [5.41, 5.74) is 2.17. The Bertz CT molecular complexity index is 716. The minimum absolute atomic E-state index is 0.0545. The molecule has 0 fully saturated rings. The number of hydrogen-bond donors (Lipinski definition) is 1. The number of nitrogens with one attached hydrogen (secondary N) is 1. The fourth-order valence-electron chi connectivity index (χ4n) is 2.03. The van der Waals surface area contributed by atoms with Crippen molar-refractivity contribution < 1.29 is 14.3 Å². The van der Waals surface area contributed by atoms with Crippen LogP contribution < -0.4 is 5.32 Å². The van der Waals surface area contributed by atoms with Crippen LogP contribution in [-0.4, -0.2) is 24.0 Å². The van der Waals surface area contributed by atoms with Gasteiger partial charge in [0.25, 0.3) is 5.91 Å². The number of carbonyl (C=O) groups excluding carboxylic acids is 2. The Morgan fingerprint density at radius 2 is 1.61 bits per heavy atom. The molecule has 1 N–H and O–H groups in total. The van der Waals surface area contributed by atoms with Crippen molar-refractivity contribution in [3.63, 3.8) is 0 Å². The smallest absolute Gasteiger partial charge is 0.356 e. The van der Waals surface area contributed by atoms with E-state index in [-0.39, 0.29) is 22.7 Å². The molecule has 2 aromatic rings. The molecule has 0 aliphatic carbocycles. The molecule has 0 spiro atoms. The third kappa shape index (κ3) is 4.16. The first kappa shape index (κ1) is 16.7. The van der Waals surface area contributed by atoms with Gasteiger partial charge in [0.05, 0.1) is 7.11 Å². The SMILES string of the molecule is COC(=O)c1cccc(C(=O)Nc2ccc(C(C)(C)C)cc2)n1. The molecule has 1 heterocycles. The van der Waals surface area contributed by atoms with Gasteiger partial charge in [-0.3, -0.25) is 4.79 Å². The van der Waals surface area contributed by atoms with Crippen molar-refractivity contribution in [2.75, 3.05) is 12.4 Å². The molecule has 0 saturated carbocycles. The van der Waals surface area contributed by atoms with Gasteiger partial charge in [-0.1, -0.05) is 39.0 Å². The summed E-state index contributed by atoms with van der Waals surface area (Å²) in [6.45, 7) is 6.38. The zero-order valence-corrected chi connectivity index (χ0v) is 13.7. The maximum atomic E-state index is 12.2. The van der Waals surface area contributed by atoms with E-state index in [1.807, 2.05) is 24.3 Å². The number of carbonyl (C=O) groups is 2. The highest BCUT2D eigenvalue weighted by Crippen LogP contribution is 2.23. The highest BCUT2D eigenvalue weighted by Gasteiger charge is 2.15. The second-order valence-corrected chi connectivity index (χ2v) is 6.18. The lowest BCUT2D eigenvalue weighted by Crippen LogP contribution is -2.16. The lowest BCUT2D eigenvalue weighted by molar-refractivity contribution is 0.0594. The monoisotopic (exact) mass is 312 g/mol. The predicted octanol–water partition coefficient (Wildman–Crippen LogP) is 3.42. The molecule has 2 rings (SSSR count). The van der Waals surface area contributed by atoms with E-state index in [1.54, 1.807) is 12.1 Å². The molecule has 1 amide bonds. The summed E-state index contributed by atoms with van der Waals surface area (Å²) >= 11 is 0. The maximum absolute atomic E-state index is 12.2. The van der Waals surface area contributed by atoms with Crippen LogP contribution in [0.4, 0.5) is 5.69 Å². The number of benzene rings is 1. The molecule has 0 unspecified atom stereocenters. The van der Waals surface area contributed by atoms with E-state index < -0.39 is 5.97 Å². The normalized spacial score (nSPS) is 11.0.